The van der Waals surface area contributed by atoms with Crippen molar-refractivity contribution in [2.45, 2.75) is 13.8 Å². The van der Waals surface area contributed by atoms with Crippen LogP contribution in [-0.4, -0.2) is 12.4 Å². The minimum Gasteiger partial charge on any atom is -0.485 e. The molecule has 0 unspecified atom stereocenters. The lowest BCUT2D eigenvalue weighted by atomic mass is 10.2. The Bertz CT molecular complexity index is 575. The molecule has 0 saturated carbocycles. The number of rotatable bonds is 4. The van der Waals surface area contributed by atoms with E-state index in [9.17, 15) is 9.18 Å². The van der Waals surface area contributed by atoms with Crippen molar-refractivity contribution < 1.29 is 13.9 Å². The van der Waals surface area contributed by atoms with E-state index in [1.54, 1.807) is 19.1 Å². The van der Waals surface area contributed by atoms with E-state index in [0.29, 0.717) is 16.2 Å². The average molecular weight is 264 g/mol. The van der Waals surface area contributed by atoms with Gasteiger partial charge in [0, 0.05) is 4.88 Å². The average Bonchev–Trinajstić information content (AvgIpc) is 2.77. The third-order valence-electron chi connectivity index (χ3n) is 2.51. The van der Waals surface area contributed by atoms with Crippen LogP contribution in [0.15, 0.2) is 30.3 Å². The Balaban J connectivity index is 1.99. The summed E-state index contributed by atoms with van der Waals surface area (Å²) in [5, 5.41) is 0. The molecule has 2 rings (SSSR count). The SMILES string of the molecule is Cc1ccc(C(=O)COc2ccc(F)c(C)c2)s1. The summed E-state index contributed by atoms with van der Waals surface area (Å²) in [6.45, 7) is 3.59. The predicted octanol–water partition coefficient (Wildman–Crippen LogP) is 3.77. The van der Waals surface area contributed by atoms with Gasteiger partial charge in [0.2, 0.25) is 5.78 Å². The quantitative estimate of drug-likeness (QED) is 0.786. The molecule has 0 aliphatic heterocycles. The van der Waals surface area contributed by atoms with Crippen LogP contribution in [0.3, 0.4) is 0 Å². The van der Waals surface area contributed by atoms with Gasteiger partial charge in [-0.25, -0.2) is 4.39 Å². The normalized spacial score (nSPS) is 10.4. The monoisotopic (exact) mass is 264 g/mol. The second-order valence-corrected chi connectivity index (χ2v) is 5.32. The number of hydrogen-bond donors (Lipinski definition) is 0. The first-order valence-electron chi connectivity index (χ1n) is 5.55. The molecule has 0 N–H and O–H groups in total. The zero-order valence-corrected chi connectivity index (χ0v) is 11.0. The minimum absolute atomic E-state index is 0.0228. The molecule has 0 spiro atoms. The Labute approximate surface area is 109 Å². The smallest absolute Gasteiger partial charge is 0.210 e. The van der Waals surface area contributed by atoms with Crippen molar-refractivity contribution in [3.63, 3.8) is 0 Å². The van der Waals surface area contributed by atoms with Crippen molar-refractivity contribution in [1.82, 2.24) is 0 Å². The van der Waals surface area contributed by atoms with Crippen molar-refractivity contribution in [3.8, 4) is 5.75 Å². The zero-order chi connectivity index (χ0) is 13.1. The van der Waals surface area contributed by atoms with E-state index in [-0.39, 0.29) is 18.2 Å². The van der Waals surface area contributed by atoms with Gasteiger partial charge in [-0.15, -0.1) is 11.3 Å². The third-order valence-corrected chi connectivity index (χ3v) is 3.56. The molecule has 1 aromatic carbocycles. The topological polar surface area (TPSA) is 26.3 Å². The first-order chi connectivity index (χ1) is 8.56. The van der Waals surface area contributed by atoms with Gasteiger partial charge in [0.15, 0.2) is 6.61 Å². The number of carbonyl (C=O) groups is 1. The van der Waals surface area contributed by atoms with Gasteiger partial charge >= 0.3 is 0 Å². The first kappa shape index (κ1) is 12.8. The van der Waals surface area contributed by atoms with Crippen molar-refractivity contribution in [3.05, 3.63) is 51.5 Å². The van der Waals surface area contributed by atoms with Crippen LogP contribution in [0.2, 0.25) is 0 Å². The standard InChI is InChI=1S/C14H13FO2S/c1-9-7-11(4-5-12(9)15)17-8-13(16)14-6-3-10(2)18-14/h3-7H,8H2,1-2H3. The number of thiophene rings is 1. The van der Waals surface area contributed by atoms with Crippen LogP contribution < -0.4 is 4.74 Å². The highest BCUT2D eigenvalue weighted by atomic mass is 32.1. The summed E-state index contributed by atoms with van der Waals surface area (Å²) in [5.41, 5.74) is 0.506. The van der Waals surface area contributed by atoms with Gasteiger partial charge in [-0.05, 0) is 49.7 Å². The van der Waals surface area contributed by atoms with Crippen LogP contribution in [0.1, 0.15) is 20.1 Å². The Morgan fingerprint density at radius 2 is 2.06 bits per heavy atom. The maximum absolute atomic E-state index is 13.0. The fourth-order valence-electron chi connectivity index (χ4n) is 1.51. The van der Waals surface area contributed by atoms with Gasteiger partial charge in [-0.2, -0.15) is 0 Å². The molecule has 1 heterocycles. The summed E-state index contributed by atoms with van der Waals surface area (Å²) in [5.74, 6) is 0.174. The number of aryl methyl sites for hydroxylation is 2. The van der Waals surface area contributed by atoms with E-state index < -0.39 is 0 Å². The molecule has 0 aliphatic rings. The molecule has 0 radical (unpaired) electrons. The molecule has 2 nitrogen and oxygen atoms in total. The van der Waals surface area contributed by atoms with E-state index in [1.807, 2.05) is 13.0 Å². The lowest BCUT2D eigenvalue weighted by Gasteiger charge is -2.05. The fourth-order valence-corrected chi connectivity index (χ4v) is 2.30. The Morgan fingerprint density at radius 1 is 1.28 bits per heavy atom. The predicted molar refractivity (Wildman–Crippen MR) is 70.0 cm³/mol. The molecular weight excluding hydrogens is 251 g/mol. The molecule has 0 saturated heterocycles. The minimum atomic E-state index is -0.275. The molecule has 0 amide bonds. The highest BCUT2D eigenvalue weighted by Gasteiger charge is 2.09. The maximum Gasteiger partial charge on any atom is 0.210 e. The maximum atomic E-state index is 13.0. The van der Waals surface area contributed by atoms with E-state index in [2.05, 4.69) is 0 Å². The van der Waals surface area contributed by atoms with Crippen molar-refractivity contribution >= 4 is 17.1 Å². The van der Waals surface area contributed by atoms with Crippen LogP contribution in [0.25, 0.3) is 0 Å². The molecule has 0 bridgehead atoms. The number of halogens is 1. The van der Waals surface area contributed by atoms with Gasteiger partial charge in [0.05, 0.1) is 4.88 Å². The van der Waals surface area contributed by atoms with Crippen LogP contribution in [0, 0.1) is 19.7 Å². The third kappa shape index (κ3) is 2.96. The highest BCUT2D eigenvalue weighted by molar-refractivity contribution is 7.14. The molecular formula is C14H13FO2S. The number of ketones is 1. The number of ether oxygens (including phenoxy) is 1. The first-order valence-corrected chi connectivity index (χ1v) is 6.36. The van der Waals surface area contributed by atoms with Crippen LogP contribution >= 0.6 is 11.3 Å². The summed E-state index contributed by atoms with van der Waals surface area (Å²) in [4.78, 5) is 13.6. The molecule has 1 aromatic heterocycles. The zero-order valence-electron chi connectivity index (χ0n) is 10.2. The summed E-state index contributed by atoms with van der Waals surface area (Å²) >= 11 is 1.45. The highest BCUT2D eigenvalue weighted by Crippen LogP contribution is 2.18. The van der Waals surface area contributed by atoms with Crippen molar-refractivity contribution in [2.75, 3.05) is 6.61 Å². The van der Waals surface area contributed by atoms with Crippen LogP contribution in [-0.2, 0) is 0 Å². The largest absolute Gasteiger partial charge is 0.485 e. The molecule has 4 heteroatoms. The van der Waals surface area contributed by atoms with Gasteiger partial charge in [0.1, 0.15) is 11.6 Å². The number of Topliss-reactive ketones (excluding diaryl/α,β-unsaturated/α-hetero) is 1. The van der Waals surface area contributed by atoms with E-state index in [0.717, 1.165) is 4.88 Å². The lowest BCUT2D eigenvalue weighted by molar-refractivity contribution is 0.0925. The Kier molecular flexibility index (Phi) is 3.77. The Morgan fingerprint density at radius 3 is 2.67 bits per heavy atom. The Hall–Kier alpha value is -1.68. The lowest BCUT2D eigenvalue weighted by Crippen LogP contribution is -2.10. The number of benzene rings is 1. The summed E-state index contributed by atoms with van der Waals surface area (Å²) < 4.78 is 18.4. The van der Waals surface area contributed by atoms with Crippen LogP contribution in [0.4, 0.5) is 4.39 Å². The van der Waals surface area contributed by atoms with Crippen molar-refractivity contribution in [1.29, 1.82) is 0 Å². The molecule has 0 atom stereocenters. The second kappa shape index (κ2) is 5.31. The molecule has 2 aromatic rings. The van der Waals surface area contributed by atoms with E-state index in [1.165, 1.54) is 23.5 Å². The number of carbonyl (C=O) groups excluding carboxylic acids is 1. The van der Waals surface area contributed by atoms with E-state index in [4.69, 9.17) is 4.74 Å². The van der Waals surface area contributed by atoms with Gasteiger partial charge < -0.3 is 4.74 Å². The molecule has 18 heavy (non-hydrogen) atoms. The van der Waals surface area contributed by atoms with Gasteiger partial charge in [-0.1, -0.05) is 0 Å². The summed E-state index contributed by atoms with van der Waals surface area (Å²) in [6, 6.07) is 8.14. The second-order valence-electron chi connectivity index (χ2n) is 4.03. The molecule has 0 fully saturated rings. The van der Waals surface area contributed by atoms with Gasteiger partial charge in [-0.3, -0.25) is 4.79 Å². The summed E-state index contributed by atoms with van der Waals surface area (Å²) in [6.07, 6.45) is 0. The molecule has 94 valence electrons. The molecule has 0 aliphatic carbocycles. The van der Waals surface area contributed by atoms with Crippen molar-refractivity contribution in [2.24, 2.45) is 0 Å². The summed E-state index contributed by atoms with van der Waals surface area (Å²) in [7, 11) is 0. The fraction of sp³-hybridized carbons (Fsp3) is 0.214. The van der Waals surface area contributed by atoms with E-state index >= 15 is 0 Å². The van der Waals surface area contributed by atoms with Crippen LogP contribution in [0.5, 0.6) is 5.75 Å². The van der Waals surface area contributed by atoms with Gasteiger partial charge in [0.25, 0.3) is 0 Å². The number of hydrogen-bond acceptors (Lipinski definition) is 3.